The maximum absolute atomic E-state index is 12.2. The summed E-state index contributed by atoms with van der Waals surface area (Å²) in [4.78, 5) is 22.9. The standard InChI is InChI=1S/C14H16BrN3O3/c1-8(2)5-12(18-14(20)21)13(19)17-11-4-3-10(15)6-9(11)7-16/h3-4,6,8,12,18H,5H2,1-2H3,(H,17,19)(H,20,21)/t12-/m1/s1. The minimum Gasteiger partial charge on any atom is -0.465 e. The van der Waals surface area contributed by atoms with Crippen LogP contribution < -0.4 is 10.6 Å². The molecule has 1 atom stereocenters. The molecule has 0 unspecified atom stereocenters. The topological polar surface area (TPSA) is 102 Å². The van der Waals surface area contributed by atoms with E-state index in [2.05, 4.69) is 26.6 Å². The van der Waals surface area contributed by atoms with Crippen molar-refractivity contribution in [3.8, 4) is 6.07 Å². The molecule has 6 nitrogen and oxygen atoms in total. The molecule has 21 heavy (non-hydrogen) atoms. The summed E-state index contributed by atoms with van der Waals surface area (Å²) in [6.07, 6.45) is -0.886. The van der Waals surface area contributed by atoms with Crippen molar-refractivity contribution in [1.29, 1.82) is 5.26 Å². The number of hydrogen-bond donors (Lipinski definition) is 3. The number of nitrogens with one attached hydrogen (secondary N) is 2. The molecule has 0 saturated heterocycles. The average Bonchev–Trinajstić information content (AvgIpc) is 2.38. The highest BCUT2D eigenvalue weighted by atomic mass is 79.9. The molecule has 0 saturated carbocycles. The van der Waals surface area contributed by atoms with E-state index in [4.69, 9.17) is 10.4 Å². The second-order valence-corrected chi connectivity index (χ2v) is 5.84. The molecule has 0 heterocycles. The highest BCUT2D eigenvalue weighted by molar-refractivity contribution is 9.10. The first-order chi connectivity index (χ1) is 9.83. The Morgan fingerprint density at radius 3 is 2.62 bits per heavy atom. The summed E-state index contributed by atoms with van der Waals surface area (Å²) >= 11 is 3.24. The van der Waals surface area contributed by atoms with Gasteiger partial charge in [0.15, 0.2) is 0 Å². The molecule has 3 N–H and O–H groups in total. The van der Waals surface area contributed by atoms with E-state index >= 15 is 0 Å². The number of carboxylic acid groups (broad SMARTS) is 1. The first kappa shape index (κ1) is 17.0. The Morgan fingerprint density at radius 1 is 1.43 bits per heavy atom. The number of anilines is 1. The van der Waals surface area contributed by atoms with Crippen molar-refractivity contribution >= 4 is 33.6 Å². The van der Waals surface area contributed by atoms with Gasteiger partial charge in [0.2, 0.25) is 5.91 Å². The fourth-order valence-corrected chi connectivity index (χ4v) is 2.15. The number of rotatable bonds is 5. The molecule has 0 aliphatic rings. The molecule has 1 aromatic carbocycles. The van der Waals surface area contributed by atoms with Crippen LogP contribution in [0.4, 0.5) is 10.5 Å². The lowest BCUT2D eigenvalue weighted by Gasteiger charge is -2.19. The third kappa shape index (κ3) is 5.44. The van der Waals surface area contributed by atoms with Gasteiger partial charge in [-0.3, -0.25) is 4.79 Å². The second-order valence-electron chi connectivity index (χ2n) is 4.92. The summed E-state index contributed by atoms with van der Waals surface area (Å²) in [6.45, 7) is 3.79. The Kier molecular flexibility index (Phi) is 6.18. The first-order valence-electron chi connectivity index (χ1n) is 6.33. The van der Waals surface area contributed by atoms with E-state index in [0.717, 1.165) is 4.47 Å². The Labute approximate surface area is 131 Å². The summed E-state index contributed by atoms with van der Waals surface area (Å²) in [5.41, 5.74) is 0.656. The molecule has 1 aromatic rings. The zero-order chi connectivity index (χ0) is 16.0. The number of amides is 2. The second kappa shape index (κ2) is 7.64. The lowest BCUT2D eigenvalue weighted by Crippen LogP contribution is -2.44. The monoisotopic (exact) mass is 353 g/mol. The quantitative estimate of drug-likeness (QED) is 0.756. The first-order valence-corrected chi connectivity index (χ1v) is 7.12. The van der Waals surface area contributed by atoms with Crippen molar-refractivity contribution in [3.05, 3.63) is 28.2 Å². The molecule has 0 spiro atoms. The van der Waals surface area contributed by atoms with Crippen LogP contribution in [0.25, 0.3) is 0 Å². The molecular weight excluding hydrogens is 338 g/mol. The van der Waals surface area contributed by atoms with Crippen LogP contribution in [0.2, 0.25) is 0 Å². The van der Waals surface area contributed by atoms with Crippen LogP contribution in [0.5, 0.6) is 0 Å². The zero-order valence-electron chi connectivity index (χ0n) is 11.7. The van der Waals surface area contributed by atoms with Crippen LogP contribution in [-0.4, -0.2) is 23.1 Å². The highest BCUT2D eigenvalue weighted by Crippen LogP contribution is 2.20. The molecule has 0 radical (unpaired) electrons. The molecule has 0 aromatic heterocycles. The molecule has 112 valence electrons. The minimum atomic E-state index is -1.26. The van der Waals surface area contributed by atoms with Crippen molar-refractivity contribution in [3.63, 3.8) is 0 Å². The lowest BCUT2D eigenvalue weighted by atomic mass is 10.0. The van der Waals surface area contributed by atoms with E-state index in [0.29, 0.717) is 17.7 Å². The van der Waals surface area contributed by atoms with Crippen molar-refractivity contribution in [2.24, 2.45) is 5.92 Å². The Balaban J connectivity index is 2.91. The summed E-state index contributed by atoms with van der Waals surface area (Å²) in [5, 5.41) is 22.6. The van der Waals surface area contributed by atoms with E-state index in [1.165, 1.54) is 0 Å². The Morgan fingerprint density at radius 2 is 2.10 bits per heavy atom. The fraction of sp³-hybridized carbons (Fsp3) is 0.357. The Hall–Kier alpha value is -2.07. The van der Waals surface area contributed by atoms with Crippen molar-refractivity contribution in [2.45, 2.75) is 26.3 Å². The summed E-state index contributed by atoms with van der Waals surface area (Å²) < 4.78 is 0.722. The predicted molar refractivity (Wildman–Crippen MR) is 81.9 cm³/mol. The molecule has 2 amide bonds. The van der Waals surface area contributed by atoms with E-state index in [-0.39, 0.29) is 5.92 Å². The zero-order valence-corrected chi connectivity index (χ0v) is 13.3. The van der Waals surface area contributed by atoms with Crippen LogP contribution in [0, 0.1) is 17.2 Å². The van der Waals surface area contributed by atoms with Gasteiger partial charge in [0.25, 0.3) is 0 Å². The van der Waals surface area contributed by atoms with Crippen molar-refractivity contribution < 1.29 is 14.7 Å². The van der Waals surface area contributed by atoms with Gasteiger partial charge in [-0.05, 0) is 30.5 Å². The van der Waals surface area contributed by atoms with Crippen LogP contribution in [0.1, 0.15) is 25.8 Å². The van der Waals surface area contributed by atoms with Crippen molar-refractivity contribution in [2.75, 3.05) is 5.32 Å². The van der Waals surface area contributed by atoms with Gasteiger partial charge < -0.3 is 15.7 Å². The molecule has 1 rings (SSSR count). The Bertz CT molecular complexity index is 581. The van der Waals surface area contributed by atoms with Gasteiger partial charge in [-0.2, -0.15) is 5.26 Å². The van der Waals surface area contributed by atoms with Gasteiger partial charge >= 0.3 is 6.09 Å². The summed E-state index contributed by atoms with van der Waals surface area (Å²) in [7, 11) is 0. The van der Waals surface area contributed by atoms with Crippen LogP contribution in [0.15, 0.2) is 22.7 Å². The van der Waals surface area contributed by atoms with Gasteiger partial charge in [0.1, 0.15) is 12.1 Å². The predicted octanol–water partition coefficient (Wildman–Crippen LogP) is 2.94. The normalized spacial score (nSPS) is 11.6. The fourth-order valence-electron chi connectivity index (χ4n) is 1.79. The van der Waals surface area contributed by atoms with Crippen LogP contribution >= 0.6 is 15.9 Å². The third-order valence-electron chi connectivity index (χ3n) is 2.68. The number of nitrogens with zero attached hydrogens (tertiary/aromatic N) is 1. The number of hydrogen-bond acceptors (Lipinski definition) is 3. The molecular formula is C14H16BrN3O3. The van der Waals surface area contributed by atoms with Gasteiger partial charge in [0, 0.05) is 4.47 Å². The van der Waals surface area contributed by atoms with Gasteiger partial charge in [-0.15, -0.1) is 0 Å². The molecule has 0 fully saturated rings. The van der Waals surface area contributed by atoms with Gasteiger partial charge in [-0.1, -0.05) is 29.8 Å². The maximum atomic E-state index is 12.2. The largest absolute Gasteiger partial charge is 0.465 e. The van der Waals surface area contributed by atoms with Gasteiger partial charge in [-0.25, -0.2) is 4.79 Å². The summed E-state index contributed by atoms with van der Waals surface area (Å²) in [6, 6.07) is 5.98. The number of halogens is 1. The van der Waals surface area contributed by atoms with Crippen LogP contribution in [0.3, 0.4) is 0 Å². The molecule has 0 aliphatic heterocycles. The molecule has 7 heteroatoms. The molecule has 0 aliphatic carbocycles. The summed E-state index contributed by atoms with van der Waals surface area (Å²) in [5.74, 6) is -0.335. The maximum Gasteiger partial charge on any atom is 0.405 e. The van der Waals surface area contributed by atoms with Crippen LogP contribution in [-0.2, 0) is 4.79 Å². The lowest BCUT2D eigenvalue weighted by molar-refractivity contribution is -0.118. The van der Waals surface area contributed by atoms with Gasteiger partial charge in [0.05, 0.1) is 11.3 Å². The number of carbonyl (C=O) groups is 2. The number of benzene rings is 1. The number of carbonyl (C=O) groups excluding carboxylic acids is 1. The third-order valence-corrected chi connectivity index (χ3v) is 3.17. The van der Waals surface area contributed by atoms with E-state index in [1.54, 1.807) is 18.2 Å². The van der Waals surface area contributed by atoms with Crippen molar-refractivity contribution in [1.82, 2.24) is 5.32 Å². The highest BCUT2D eigenvalue weighted by Gasteiger charge is 2.22. The van der Waals surface area contributed by atoms with E-state index in [1.807, 2.05) is 19.9 Å². The van der Waals surface area contributed by atoms with E-state index in [9.17, 15) is 9.59 Å². The number of nitriles is 1. The smallest absolute Gasteiger partial charge is 0.405 e. The SMILES string of the molecule is CC(C)C[C@@H](NC(=O)O)C(=O)Nc1ccc(Br)cc1C#N. The van der Waals surface area contributed by atoms with E-state index < -0.39 is 18.0 Å². The average molecular weight is 354 g/mol. The molecule has 0 bridgehead atoms. The minimum absolute atomic E-state index is 0.146.